The van der Waals surface area contributed by atoms with Crippen LogP contribution in [0.2, 0.25) is 0 Å². The number of hydrogen-bond donors (Lipinski definition) is 1. The fourth-order valence-corrected chi connectivity index (χ4v) is 2.14. The van der Waals surface area contributed by atoms with Crippen molar-refractivity contribution in [1.82, 2.24) is 0 Å². The van der Waals surface area contributed by atoms with Crippen LogP contribution in [-0.4, -0.2) is 11.2 Å². The van der Waals surface area contributed by atoms with Crippen molar-refractivity contribution in [2.24, 2.45) is 16.7 Å². The maximum atomic E-state index is 11.6. The summed E-state index contributed by atoms with van der Waals surface area (Å²) < 4.78 is 0. The second-order valence-corrected chi connectivity index (χ2v) is 7.11. The summed E-state index contributed by atoms with van der Waals surface area (Å²) >= 11 is 0. The SMILES string of the molecule is CCC(C)(C)C(CCCCC(C)(C)C)C(=O)OO. The summed E-state index contributed by atoms with van der Waals surface area (Å²) in [6.45, 7) is 12.8. The van der Waals surface area contributed by atoms with Crippen LogP contribution in [0.4, 0.5) is 0 Å². The topological polar surface area (TPSA) is 46.5 Å². The van der Waals surface area contributed by atoms with E-state index in [9.17, 15) is 4.79 Å². The normalized spacial score (nSPS) is 14.4. The van der Waals surface area contributed by atoms with Gasteiger partial charge >= 0.3 is 5.97 Å². The predicted octanol–water partition coefficient (Wildman–Crippen LogP) is 4.66. The lowest BCUT2D eigenvalue weighted by Gasteiger charge is -2.31. The minimum atomic E-state index is -0.488. The van der Waals surface area contributed by atoms with Crippen LogP contribution in [0, 0.1) is 16.7 Å². The third-order valence-electron chi connectivity index (χ3n) is 3.90. The molecule has 0 aromatic carbocycles. The van der Waals surface area contributed by atoms with Crippen LogP contribution in [0.1, 0.15) is 73.6 Å². The molecule has 1 N–H and O–H groups in total. The first-order chi connectivity index (χ1) is 8.14. The zero-order valence-electron chi connectivity index (χ0n) is 12.9. The van der Waals surface area contributed by atoms with E-state index < -0.39 is 5.97 Å². The first kappa shape index (κ1) is 17.4. The molecule has 3 nitrogen and oxygen atoms in total. The van der Waals surface area contributed by atoms with Gasteiger partial charge in [-0.2, -0.15) is 5.26 Å². The van der Waals surface area contributed by atoms with Crippen molar-refractivity contribution in [3.8, 4) is 0 Å². The Morgan fingerprint density at radius 1 is 1.17 bits per heavy atom. The lowest BCUT2D eigenvalue weighted by atomic mass is 9.74. The van der Waals surface area contributed by atoms with Gasteiger partial charge in [-0.05, 0) is 23.7 Å². The summed E-state index contributed by atoms with van der Waals surface area (Å²) in [4.78, 5) is 15.6. The van der Waals surface area contributed by atoms with Gasteiger partial charge in [0.15, 0.2) is 0 Å². The van der Waals surface area contributed by atoms with E-state index in [0.717, 1.165) is 32.1 Å². The minimum Gasteiger partial charge on any atom is -0.301 e. The number of hydrogen-bond acceptors (Lipinski definition) is 3. The Morgan fingerprint density at radius 2 is 1.72 bits per heavy atom. The average Bonchev–Trinajstić information content (AvgIpc) is 2.26. The first-order valence-corrected chi connectivity index (χ1v) is 6.99. The van der Waals surface area contributed by atoms with E-state index in [1.165, 1.54) is 0 Å². The van der Waals surface area contributed by atoms with Crippen molar-refractivity contribution in [3.05, 3.63) is 0 Å². The lowest BCUT2D eigenvalue weighted by Crippen LogP contribution is -2.31. The molecule has 0 aromatic rings. The molecule has 0 spiro atoms. The molecule has 0 heterocycles. The van der Waals surface area contributed by atoms with Crippen molar-refractivity contribution in [3.63, 3.8) is 0 Å². The van der Waals surface area contributed by atoms with Gasteiger partial charge in [-0.25, -0.2) is 4.79 Å². The highest BCUT2D eigenvalue weighted by Crippen LogP contribution is 2.35. The molecule has 3 heteroatoms. The molecule has 1 unspecified atom stereocenters. The highest BCUT2D eigenvalue weighted by atomic mass is 17.1. The summed E-state index contributed by atoms with van der Waals surface area (Å²) in [6, 6.07) is 0. The number of unbranched alkanes of at least 4 members (excludes halogenated alkanes) is 1. The minimum absolute atomic E-state index is 0.123. The molecule has 0 aromatic heterocycles. The van der Waals surface area contributed by atoms with E-state index in [0.29, 0.717) is 5.41 Å². The Hall–Kier alpha value is -0.570. The van der Waals surface area contributed by atoms with Gasteiger partial charge in [-0.3, -0.25) is 0 Å². The quantitative estimate of drug-likeness (QED) is 0.410. The molecule has 0 radical (unpaired) electrons. The second kappa shape index (κ2) is 7.13. The molecular weight excluding hydrogens is 228 g/mol. The molecular formula is C15H30O3. The Labute approximate surface area is 112 Å². The molecule has 0 rings (SSSR count). The highest BCUT2D eigenvalue weighted by Gasteiger charge is 2.34. The fraction of sp³-hybridized carbons (Fsp3) is 0.933. The van der Waals surface area contributed by atoms with E-state index >= 15 is 0 Å². The molecule has 0 saturated carbocycles. The maximum Gasteiger partial charge on any atom is 0.345 e. The molecule has 18 heavy (non-hydrogen) atoms. The Morgan fingerprint density at radius 3 is 2.11 bits per heavy atom. The molecule has 0 bridgehead atoms. The number of carbonyl (C=O) groups is 1. The molecule has 0 aliphatic heterocycles. The molecule has 0 amide bonds. The fourth-order valence-electron chi connectivity index (χ4n) is 2.14. The van der Waals surface area contributed by atoms with Crippen LogP contribution < -0.4 is 0 Å². The van der Waals surface area contributed by atoms with Gasteiger partial charge in [0.25, 0.3) is 0 Å². The standard InChI is InChI=1S/C15H30O3/c1-7-15(5,6)12(13(16)18-17)10-8-9-11-14(2,3)4/h12,17H,7-11H2,1-6H3. The van der Waals surface area contributed by atoms with E-state index in [1.807, 2.05) is 0 Å². The largest absolute Gasteiger partial charge is 0.345 e. The zero-order valence-corrected chi connectivity index (χ0v) is 12.9. The molecule has 0 saturated heterocycles. The molecule has 108 valence electrons. The Bertz CT molecular complexity index is 251. The van der Waals surface area contributed by atoms with Gasteiger partial charge in [0, 0.05) is 0 Å². The van der Waals surface area contributed by atoms with Crippen molar-refractivity contribution in [2.75, 3.05) is 0 Å². The lowest BCUT2D eigenvalue weighted by molar-refractivity contribution is -0.242. The van der Waals surface area contributed by atoms with Gasteiger partial charge in [0.1, 0.15) is 0 Å². The van der Waals surface area contributed by atoms with Gasteiger partial charge in [0.2, 0.25) is 0 Å². The smallest absolute Gasteiger partial charge is 0.301 e. The third kappa shape index (κ3) is 6.39. The molecule has 0 aliphatic rings. The van der Waals surface area contributed by atoms with Gasteiger partial charge in [-0.15, -0.1) is 0 Å². The van der Waals surface area contributed by atoms with Crippen LogP contribution >= 0.6 is 0 Å². The number of carbonyl (C=O) groups excluding carboxylic acids is 1. The van der Waals surface area contributed by atoms with Crippen molar-refractivity contribution in [1.29, 1.82) is 0 Å². The highest BCUT2D eigenvalue weighted by molar-refractivity contribution is 5.72. The van der Waals surface area contributed by atoms with E-state index in [1.54, 1.807) is 0 Å². The maximum absolute atomic E-state index is 11.6. The van der Waals surface area contributed by atoms with Crippen molar-refractivity contribution in [2.45, 2.75) is 73.6 Å². The second-order valence-electron chi connectivity index (χ2n) is 7.11. The number of rotatable bonds is 7. The van der Waals surface area contributed by atoms with E-state index in [4.69, 9.17) is 5.26 Å². The van der Waals surface area contributed by atoms with Gasteiger partial charge in [-0.1, -0.05) is 60.8 Å². The van der Waals surface area contributed by atoms with Crippen molar-refractivity contribution < 1.29 is 14.9 Å². The average molecular weight is 258 g/mol. The third-order valence-corrected chi connectivity index (χ3v) is 3.90. The van der Waals surface area contributed by atoms with Gasteiger partial charge in [0.05, 0.1) is 5.92 Å². The summed E-state index contributed by atoms with van der Waals surface area (Å²) in [5.74, 6) is -0.704. The molecule has 0 aliphatic carbocycles. The molecule has 0 fully saturated rings. The van der Waals surface area contributed by atoms with Gasteiger partial charge < -0.3 is 4.89 Å². The van der Waals surface area contributed by atoms with Crippen LogP contribution in [0.25, 0.3) is 0 Å². The van der Waals surface area contributed by atoms with Crippen LogP contribution in [-0.2, 0) is 9.68 Å². The first-order valence-electron chi connectivity index (χ1n) is 6.99. The summed E-state index contributed by atoms with van der Waals surface area (Å²) in [5.41, 5.74) is 0.217. The summed E-state index contributed by atoms with van der Waals surface area (Å²) in [7, 11) is 0. The summed E-state index contributed by atoms with van der Waals surface area (Å²) in [5, 5.41) is 8.60. The predicted molar refractivity (Wildman–Crippen MR) is 74.2 cm³/mol. The zero-order chi connectivity index (χ0) is 14.4. The summed E-state index contributed by atoms with van der Waals surface area (Å²) in [6.07, 6.45) is 4.95. The van der Waals surface area contributed by atoms with Crippen molar-refractivity contribution >= 4 is 5.97 Å². The van der Waals surface area contributed by atoms with Crippen LogP contribution in [0.5, 0.6) is 0 Å². The Kier molecular flexibility index (Phi) is 6.90. The monoisotopic (exact) mass is 258 g/mol. The van der Waals surface area contributed by atoms with Crippen LogP contribution in [0.3, 0.4) is 0 Å². The van der Waals surface area contributed by atoms with E-state index in [2.05, 4.69) is 46.4 Å². The van der Waals surface area contributed by atoms with Crippen LogP contribution in [0.15, 0.2) is 0 Å². The Balaban J connectivity index is 4.32. The van der Waals surface area contributed by atoms with E-state index in [-0.39, 0.29) is 11.3 Å². The molecule has 1 atom stereocenters.